The second kappa shape index (κ2) is 6.58. The minimum Gasteiger partial charge on any atom is -0.396 e. The van der Waals surface area contributed by atoms with Gasteiger partial charge in [0.25, 0.3) is 0 Å². The molecule has 0 amide bonds. The quantitative estimate of drug-likeness (QED) is 0.480. The Hall–Kier alpha value is -0.120. The molecule has 0 aromatic rings. The molecule has 11 heavy (non-hydrogen) atoms. The molecule has 0 bridgehead atoms. The van der Waals surface area contributed by atoms with Crippen molar-refractivity contribution in [2.45, 2.75) is 26.3 Å². The van der Waals surface area contributed by atoms with Crippen molar-refractivity contribution in [2.75, 3.05) is 19.8 Å². The molecule has 0 rings (SSSR count). The van der Waals surface area contributed by atoms with E-state index >= 15 is 0 Å². The van der Waals surface area contributed by atoms with Gasteiger partial charge < -0.3 is 15.5 Å². The lowest BCUT2D eigenvalue weighted by molar-refractivity contribution is 0.205. The maximum atomic E-state index is 8.87. The molecule has 0 saturated carbocycles. The zero-order valence-electron chi connectivity index (χ0n) is 7.38. The second-order valence-corrected chi connectivity index (χ2v) is 3.06. The average molecular weight is 161 g/mol. The van der Waals surface area contributed by atoms with Crippen LogP contribution in [0, 0.1) is 5.92 Å². The molecule has 0 saturated heterocycles. The molecule has 0 radical (unpaired) electrons. The van der Waals surface area contributed by atoms with E-state index in [9.17, 15) is 0 Å². The highest BCUT2D eigenvalue weighted by Crippen LogP contribution is 1.99. The number of aliphatic hydroxyl groups excluding tert-OH is 2. The minimum absolute atomic E-state index is 0.168. The monoisotopic (exact) mass is 161 g/mol. The van der Waals surface area contributed by atoms with Gasteiger partial charge in [0.15, 0.2) is 0 Å². The third kappa shape index (κ3) is 5.18. The lowest BCUT2D eigenvalue weighted by Gasteiger charge is -2.19. The molecular formula is C8H19NO2. The second-order valence-electron chi connectivity index (χ2n) is 3.06. The van der Waals surface area contributed by atoms with Crippen molar-refractivity contribution in [3.63, 3.8) is 0 Å². The average Bonchev–Trinajstić information content (AvgIpc) is 1.97. The number of aliphatic hydroxyl groups is 2. The number of hydrogen-bond acceptors (Lipinski definition) is 3. The summed E-state index contributed by atoms with van der Waals surface area (Å²) in [5.74, 6) is 0.443. The van der Waals surface area contributed by atoms with Gasteiger partial charge in [-0.2, -0.15) is 0 Å². The van der Waals surface area contributed by atoms with E-state index in [1.54, 1.807) is 0 Å². The molecule has 3 nitrogen and oxygen atoms in total. The van der Waals surface area contributed by atoms with Gasteiger partial charge in [0.1, 0.15) is 0 Å². The maximum Gasteiger partial charge on any atom is 0.0587 e. The highest BCUT2D eigenvalue weighted by atomic mass is 16.3. The van der Waals surface area contributed by atoms with Crippen LogP contribution in [0.5, 0.6) is 0 Å². The summed E-state index contributed by atoms with van der Waals surface area (Å²) < 4.78 is 0. The van der Waals surface area contributed by atoms with Gasteiger partial charge >= 0.3 is 0 Å². The van der Waals surface area contributed by atoms with Crippen LogP contribution in [-0.2, 0) is 0 Å². The van der Waals surface area contributed by atoms with Gasteiger partial charge in [-0.05, 0) is 18.9 Å². The summed E-state index contributed by atoms with van der Waals surface area (Å²) in [6.07, 6.45) is 0.753. The van der Waals surface area contributed by atoms with E-state index in [2.05, 4.69) is 19.2 Å². The highest BCUT2D eigenvalue weighted by molar-refractivity contribution is 4.68. The number of nitrogens with one attached hydrogen (secondary N) is 1. The Kier molecular flexibility index (Phi) is 6.51. The minimum atomic E-state index is 0.168. The van der Waals surface area contributed by atoms with Crippen molar-refractivity contribution >= 4 is 0 Å². The summed E-state index contributed by atoms with van der Waals surface area (Å²) in [6, 6.07) is 0.168. The third-order valence-electron chi connectivity index (χ3n) is 1.74. The molecule has 0 aromatic carbocycles. The van der Waals surface area contributed by atoms with Crippen LogP contribution in [0.25, 0.3) is 0 Å². The molecule has 3 heteroatoms. The number of rotatable bonds is 6. The van der Waals surface area contributed by atoms with Gasteiger partial charge in [-0.1, -0.05) is 13.8 Å². The van der Waals surface area contributed by atoms with Gasteiger partial charge in [-0.3, -0.25) is 0 Å². The van der Waals surface area contributed by atoms with E-state index in [0.717, 1.165) is 13.0 Å². The first-order valence-electron chi connectivity index (χ1n) is 4.17. The highest BCUT2D eigenvalue weighted by Gasteiger charge is 2.09. The Morgan fingerprint density at radius 1 is 1.27 bits per heavy atom. The Morgan fingerprint density at radius 3 is 2.27 bits per heavy atom. The maximum absolute atomic E-state index is 8.87. The van der Waals surface area contributed by atoms with Crippen molar-refractivity contribution in [1.82, 2.24) is 5.32 Å². The van der Waals surface area contributed by atoms with Gasteiger partial charge in [-0.15, -0.1) is 0 Å². The molecule has 68 valence electrons. The summed E-state index contributed by atoms with van der Waals surface area (Å²) >= 11 is 0. The van der Waals surface area contributed by atoms with Crippen LogP contribution in [0.4, 0.5) is 0 Å². The van der Waals surface area contributed by atoms with Crippen LogP contribution in [0.1, 0.15) is 20.3 Å². The summed E-state index contributed by atoms with van der Waals surface area (Å²) in [4.78, 5) is 0. The zero-order chi connectivity index (χ0) is 8.69. The largest absolute Gasteiger partial charge is 0.396 e. The standard InChI is InChI=1S/C8H19NO2/c1-7(2)8(6-11)9-4-3-5-10/h7-11H,3-6H2,1-2H3/t8-/m1/s1. The first-order chi connectivity index (χ1) is 5.22. The summed E-state index contributed by atoms with van der Waals surface area (Å²) in [7, 11) is 0. The SMILES string of the molecule is CC(C)[C@@H](CO)NCCCO. The van der Waals surface area contributed by atoms with Crippen LogP contribution < -0.4 is 5.32 Å². The lowest BCUT2D eigenvalue weighted by Crippen LogP contribution is -2.37. The molecule has 0 unspecified atom stereocenters. The Morgan fingerprint density at radius 2 is 1.91 bits per heavy atom. The normalized spacial score (nSPS) is 13.9. The van der Waals surface area contributed by atoms with Crippen LogP contribution in [0.3, 0.4) is 0 Å². The molecule has 0 aromatic heterocycles. The van der Waals surface area contributed by atoms with Gasteiger partial charge in [0.05, 0.1) is 6.61 Å². The van der Waals surface area contributed by atoms with Crippen LogP contribution in [0.2, 0.25) is 0 Å². The predicted octanol–water partition coefficient (Wildman–Crippen LogP) is -0.0247. The first kappa shape index (κ1) is 10.9. The Bertz CT molecular complexity index is 86.2. The summed E-state index contributed by atoms with van der Waals surface area (Å²) in [5, 5.41) is 20.5. The van der Waals surface area contributed by atoms with E-state index in [-0.39, 0.29) is 19.3 Å². The van der Waals surface area contributed by atoms with Gasteiger partial charge in [-0.25, -0.2) is 0 Å². The van der Waals surface area contributed by atoms with Crippen molar-refractivity contribution in [1.29, 1.82) is 0 Å². The summed E-state index contributed by atoms with van der Waals surface area (Å²) in [6.45, 7) is 5.28. The van der Waals surface area contributed by atoms with E-state index in [0.29, 0.717) is 5.92 Å². The van der Waals surface area contributed by atoms with Gasteiger partial charge in [0.2, 0.25) is 0 Å². The van der Waals surface area contributed by atoms with E-state index in [1.165, 1.54) is 0 Å². The van der Waals surface area contributed by atoms with Crippen LogP contribution >= 0.6 is 0 Å². The molecule has 1 atom stereocenters. The van der Waals surface area contributed by atoms with Crippen molar-refractivity contribution in [2.24, 2.45) is 5.92 Å². The molecule has 0 aliphatic carbocycles. The Balaban J connectivity index is 3.36. The molecule has 0 heterocycles. The fraction of sp³-hybridized carbons (Fsp3) is 1.00. The van der Waals surface area contributed by atoms with Crippen molar-refractivity contribution < 1.29 is 10.2 Å². The fourth-order valence-corrected chi connectivity index (χ4v) is 0.878. The van der Waals surface area contributed by atoms with E-state index < -0.39 is 0 Å². The van der Waals surface area contributed by atoms with E-state index in [1.807, 2.05) is 0 Å². The number of hydrogen-bond donors (Lipinski definition) is 3. The topological polar surface area (TPSA) is 52.5 Å². The summed E-state index contributed by atoms with van der Waals surface area (Å²) in [5.41, 5.74) is 0. The zero-order valence-corrected chi connectivity index (χ0v) is 7.38. The predicted molar refractivity (Wildman–Crippen MR) is 45.4 cm³/mol. The lowest BCUT2D eigenvalue weighted by atomic mass is 10.1. The Labute approximate surface area is 68.4 Å². The molecule has 0 aliphatic heterocycles. The molecule has 0 aliphatic rings. The van der Waals surface area contributed by atoms with Crippen molar-refractivity contribution in [3.05, 3.63) is 0 Å². The van der Waals surface area contributed by atoms with Crippen molar-refractivity contribution in [3.8, 4) is 0 Å². The van der Waals surface area contributed by atoms with E-state index in [4.69, 9.17) is 10.2 Å². The van der Waals surface area contributed by atoms with Crippen LogP contribution in [0.15, 0.2) is 0 Å². The molecule has 0 fully saturated rings. The smallest absolute Gasteiger partial charge is 0.0587 e. The molecular weight excluding hydrogens is 142 g/mol. The molecule has 3 N–H and O–H groups in total. The third-order valence-corrected chi connectivity index (χ3v) is 1.74. The molecule has 0 spiro atoms. The first-order valence-corrected chi connectivity index (χ1v) is 4.17. The fourth-order valence-electron chi connectivity index (χ4n) is 0.878. The van der Waals surface area contributed by atoms with Gasteiger partial charge in [0, 0.05) is 12.6 Å². The van der Waals surface area contributed by atoms with Crippen LogP contribution in [-0.4, -0.2) is 36.0 Å².